The molecule has 1 fully saturated rings. The molecule has 3 rings (SSSR count). The van der Waals surface area contributed by atoms with Gasteiger partial charge in [-0.2, -0.15) is 4.31 Å². The highest BCUT2D eigenvalue weighted by Crippen LogP contribution is 2.28. The van der Waals surface area contributed by atoms with E-state index < -0.39 is 16.1 Å². The summed E-state index contributed by atoms with van der Waals surface area (Å²) in [5, 5.41) is 2.96. The molecule has 9 heteroatoms. The third-order valence-corrected chi connectivity index (χ3v) is 6.93. The lowest BCUT2D eigenvalue weighted by Crippen LogP contribution is -2.57. The first-order chi connectivity index (χ1) is 13.2. The molecule has 0 saturated carbocycles. The van der Waals surface area contributed by atoms with Crippen LogP contribution in [0.2, 0.25) is 0 Å². The van der Waals surface area contributed by atoms with Crippen LogP contribution in [0.4, 0.5) is 10.5 Å². The SMILES string of the molecule is CC[C@H](C)[C@H]1C(=O)Nc2ccccc2CN1C(=O)N1CCN(S(C)(=O)=O)CC1. The molecule has 2 aliphatic heterocycles. The second-order valence-electron chi connectivity index (χ2n) is 7.54. The number of rotatable bonds is 3. The van der Waals surface area contributed by atoms with Crippen LogP contribution in [0.5, 0.6) is 0 Å². The molecule has 2 aliphatic rings. The summed E-state index contributed by atoms with van der Waals surface area (Å²) < 4.78 is 24.8. The molecular weight excluding hydrogens is 380 g/mol. The average Bonchev–Trinajstić information content (AvgIpc) is 2.82. The Morgan fingerprint density at radius 1 is 1.21 bits per heavy atom. The second-order valence-corrected chi connectivity index (χ2v) is 9.52. The summed E-state index contributed by atoms with van der Waals surface area (Å²) in [6, 6.07) is 6.72. The van der Waals surface area contributed by atoms with E-state index >= 15 is 0 Å². The van der Waals surface area contributed by atoms with Crippen LogP contribution in [0.1, 0.15) is 25.8 Å². The van der Waals surface area contributed by atoms with Gasteiger partial charge in [-0.1, -0.05) is 38.5 Å². The molecule has 0 aromatic heterocycles. The Morgan fingerprint density at radius 2 is 1.86 bits per heavy atom. The number of amides is 3. The van der Waals surface area contributed by atoms with Crippen LogP contribution in [0.15, 0.2) is 24.3 Å². The summed E-state index contributed by atoms with van der Waals surface area (Å²) in [6.45, 7) is 5.50. The summed E-state index contributed by atoms with van der Waals surface area (Å²) in [5.74, 6) is -0.182. The summed E-state index contributed by atoms with van der Waals surface area (Å²) in [7, 11) is -3.26. The number of carbonyl (C=O) groups is 2. The molecule has 154 valence electrons. The first-order valence-electron chi connectivity index (χ1n) is 9.61. The fourth-order valence-electron chi connectivity index (χ4n) is 3.78. The molecule has 2 heterocycles. The number of hydrogen-bond donors (Lipinski definition) is 1. The standard InChI is InChI=1S/C19H28N4O4S/c1-4-14(2)17-18(24)20-16-8-6-5-7-15(16)13-23(17)19(25)21-9-11-22(12-10-21)28(3,26)27/h5-8,14,17H,4,9-13H2,1-3H3,(H,20,24)/t14-,17-/m0/s1. The predicted molar refractivity (Wildman–Crippen MR) is 107 cm³/mol. The van der Waals surface area contributed by atoms with Gasteiger partial charge in [0.25, 0.3) is 0 Å². The van der Waals surface area contributed by atoms with E-state index in [9.17, 15) is 18.0 Å². The van der Waals surface area contributed by atoms with Crippen molar-refractivity contribution in [3.8, 4) is 0 Å². The van der Waals surface area contributed by atoms with Crippen molar-refractivity contribution in [1.29, 1.82) is 0 Å². The van der Waals surface area contributed by atoms with E-state index in [0.29, 0.717) is 19.6 Å². The minimum atomic E-state index is -3.26. The molecule has 3 amide bonds. The Hall–Kier alpha value is -2.13. The van der Waals surface area contributed by atoms with E-state index in [1.165, 1.54) is 10.6 Å². The van der Waals surface area contributed by atoms with Crippen molar-refractivity contribution in [2.45, 2.75) is 32.9 Å². The van der Waals surface area contributed by atoms with Gasteiger partial charge < -0.3 is 15.1 Å². The molecule has 0 spiro atoms. The third-order valence-electron chi connectivity index (χ3n) is 5.63. The normalized spacial score (nSPS) is 22.2. The van der Waals surface area contributed by atoms with E-state index in [1.54, 1.807) is 9.80 Å². The van der Waals surface area contributed by atoms with Crippen LogP contribution in [0.25, 0.3) is 0 Å². The molecule has 0 aliphatic carbocycles. The highest BCUT2D eigenvalue weighted by molar-refractivity contribution is 7.88. The number of carbonyl (C=O) groups excluding carboxylic acids is 2. The van der Waals surface area contributed by atoms with Crippen LogP contribution in [0.3, 0.4) is 0 Å². The van der Waals surface area contributed by atoms with Gasteiger partial charge in [0.15, 0.2) is 0 Å². The molecule has 1 aromatic rings. The van der Waals surface area contributed by atoms with E-state index in [4.69, 9.17) is 0 Å². The van der Waals surface area contributed by atoms with Crippen LogP contribution in [-0.2, 0) is 21.4 Å². The Kier molecular flexibility index (Phi) is 5.95. The number of sulfonamides is 1. The van der Waals surface area contributed by atoms with Crippen LogP contribution >= 0.6 is 0 Å². The van der Waals surface area contributed by atoms with Gasteiger partial charge in [-0.05, 0) is 17.5 Å². The highest BCUT2D eigenvalue weighted by atomic mass is 32.2. The Balaban J connectivity index is 1.86. The highest BCUT2D eigenvalue weighted by Gasteiger charge is 2.39. The zero-order chi connectivity index (χ0) is 20.5. The third kappa shape index (κ3) is 4.15. The first kappa shape index (κ1) is 20.6. The summed E-state index contributed by atoms with van der Waals surface area (Å²) in [6.07, 6.45) is 1.94. The van der Waals surface area contributed by atoms with Gasteiger partial charge in [0, 0.05) is 31.9 Å². The van der Waals surface area contributed by atoms with Crippen LogP contribution < -0.4 is 5.32 Å². The van der Waals surface area contributed by atoms with Crippen molar-refractivity contribution in [3.05, 3.63) is 29.8 Å². The fraction of sp³-hybridized carbons (Fsp3) is 0.579. The van der Waals surface area contributed by atoms with Crippen molar-refractivity contribution < 1.29 is 18.0 Å². The molecule has 1 saturated heterocycles. The maximum atomic E-state index is 13.4. The molecule has 2 atom stereocenters. The maximum Gasteiger partial charge on any atom is 0.321 e. The predicted octanol–water partition coefficient (Wildman–Crippen LogP) is 1.55. The van der Waals surface area contributed by atoms with E-state index in [-0.39, 0.29) is 30.9 Å². The monoisotopic (exact) mass is 408 g/mol. The van der Waals surface area contributed by atoms with E-state index in [1.807, 2.05) is 38.1 Å². The maximum absolute atomic E-state index is 13.4. The number of urea groups is 1. The van der Waals surface area contributed by atoms with Crippen molar-refractivity contribution >= 4 is 27.6 Å². The lowest BCUT2D eigenvalue weighted by atomic mass is 9.97. The summed E-state index contributed by atoms with van der Waals surface area (Å²) in [5.41, 5.74) is 1.63. The lowest BCUT2D eigenvalue weighted by Gasteiger charge is -2.39. The zero-order valence-corrected chi connectivity index (χ0v) is 17.4. The molecule has 0 bridgehead atoms. The smallest absolute Gasteiger partial charge is 0.321 e. The number of para-hydroxylation sites is 1. The van der Waals surface area contributed by atoms with Crippen molar-refractivity contribution in [3.63, 3.8) is 0 Å². The number of benzene rings is 1. The summed E-state index contributed by atoms with van der Waals surface area (Å²) >= 11 is 0. The van der Waals surface area contributed by atoms with Gasteiger partial charge >= 0.3 is 6.03 Å². The van der Waals surface area contributed by atoms with E-state index in [2.05, 4.69) is 5.32 Å². The van der Waals surface area contributed by atoms with Crippen molar-refractivity contribution in [1.82, 2.24) is 14.1 Å². The molecule has 8 nitrogen and oxygen atoms in total. The molecule has 28 heavy (non-hydrogen) atoms. The van der Waals surface area contributed by atoms with Gasteiger partial charge in [-0.25, -0.2) is 13.2 Å². The van der Waals surface area contributed by atoms with Gasteiger partial charge in [0.1, 0.15) is 6.04 Å². The number of hydrogen-bond acceptors (Lipinski definition) is 4. The van der Waals surface area contributed by atoms with Crippen molar-refractivity contribution in [2.75, 3.05) is 37.8 Å². The van der Waals surface area contributed by atoms with Crippen LogP contribution in [0, 0.1) is 5.92 Å². The lowest BCUT2D eigenvalue weighted by molar-refractivity contribution is -0.122. The van der Waals surface area contributed by atoms with Gasteiger partial charge in [-0.15, -0.1) is 0 Å². The quantitative estimate of drug-likeness (QED) is 0.822. The minimum Gasteiger partial charge on any atom is -0.324 e. The molecular formula is C19H28N4O4S. The van der Waals surface area contributed by atoms with Gasteiger partial charge in [0.2, 0.25) is 15.9 Å². The average molecular weight is 409 g/mol. The fourth-order valence-corrected chi connectivity index (χ4v) is 4.60. The largest absolute Gasteiger partial charge is 0.324 e. The Morgan fingerprint density at radius 3 is 2.46 bits per heavy atom. The number of nitrogens with zero attached hydrogens (tertiary/aromatic N) is 3. The number of nitrogens with one attached hydrogen (secondary N) is 1. The van der Waals surface area contributed by atoms with Gasteiger partial charge in [-0.3, -0.25) is 4.79 Å². The summed E-state index contributed by atoms with van der Waals surface area (Å²) in [4.78, 5) is 29.6. The first-order valence-corrected chi connectivity index (χ1v) is 11.5. The number of fused-ring (bicyclic) bond motifs is 1. The molecule has 1 N–H and O–H groups in total. The molecule has 1 aromatic carbocycles. The number of piperazine rings is 1. The zero-order valence-electron chi connectivity index (χ0n) is 16.6. The van der Waals surface area contributed by atoms with Crippen LogP contribution in [-0.4, -0.2) is 72.9 Å². The Labute approximate surface area is 166 Å². The molecule has 0 unspecified atom stereocenters. The molecule has 0 radical (unpaired) electrons. The minimum absolute atomic E-state index is 0.00410. The van der Waals surface area contributed by atoms with E-state index in [0.717, 1.165) is 17.7 Å². The Bertz CT molecular complexity index is 849. The second kappa shape index (κ2) is 8.08. The topological polar surface area (TPSA) is 90.0 Å². The number of anilines is 1. The van der Waals surface area contributed by atoms with Gasteiger partial charge in [0.05, 0.1) is 12.8 Å². The van der Waals surface area contributed by atoms with Crippen molar-refractivity contribution in [2.24, 2.45) is 5.92 Å².